The fourth-order valence-corrected chi connectivity index (χ4v) is 1.53. The highest BCUT2D eigenvalue weighted by atomic mass is 16.5. The molecule has 0 aromatic heterocycles. The number of carbonyl (C=O) groups is 2. The molecule has 3 nitrogen and oxygen atoms in total. The van der Waals surface area contributed by atoms with Crippen molar-refractivity contribution in [2.24, 2.45) is 5.92 Å². The number of Topliss-reactive ketones (excluding diaryl/α,β-unsaturated/α-hetero) is 1. The third-order valence-corrected chi connectivity index (χ3v) is 2.15. The summed E-state index contributed by atoms with van der Waals surface area (Å²) in [7, 11) is 0. The largest absolute Gasteiger partial charge is 0.466 e. The Morgan fingerprint density at radius 1 is 1.54 bits per heavy atom. The summed E-state index contributed by atoms with van der Waals surface area (Å²) in [5.41, 5.74) is 1.58. The number of rotatable bonds is 2. The Morgan fingerprint density at radius 3 is 2.54 bits per heavy atom. The maximum atomic E-state index is 11.3. The maximum Gasteiger partial charge on any atom is 0.313 e. The average molecular weight is 182 g/mol. The molecule has 1 fully saturated rings. The fourth-order valence-electron chi connectivity index (χ4n) is 1.53. The Balaban J connectivity index is 2.71. The van der Waals surface area contributed by atoms with E-state index in [4.69, 9.17) is 4.74 Å². The molecule has 1 atom stereocenters. The van der Waals surface area contributed by atoms with Crippen molar-refractivity contribution in [1.29, 1.82) is 0 Å². The van der Waals surface area contributed by atoms with E-state index in [0.29, 0.717) is 18.6 Å². The molecule has 1 saturated carbocycles. The second kappa shape index (κ2) is 3.73. The molecular formula is C10H14O3. The summed E-state index contributed by atoms with van der Waals surface area (Å²) in [6.45, 7) is 5.83. The first-order valence-corrected chi connectivity index (χ1v) is 4.45. The van der Waals surface area contributed by atoms with Crippen LogP contribution >= 0.6 is 0 Å². The molecule has 0 spiro atoms. The standard InChI is InChI=1S/C10H14O3/c1-4-13-10(12)7-5-8(11)9(7)6(2)3/h7H,4-5H2,1-3H3. The van der Waals surface area contributed by atoms with Gasteiger partial charge in [-0.1, -0.05) is 5.57 Å². The van der Waals surface area contributed by atoms with Crippen LogP contribution in [0.5, 0.6) is 0 Å². The van der Waals surface area contributed by atoms with Gasteiger partial charge in [0.1, 0.15) is 0 Å². The van der Waals surface area contributed by atoms with Crippen LogP contribution in [0.25, 0.3) is 0 Å². The number of esters is 1. The minimum atomic E-state index is -0.294. The summed E-state index contributed by atoms with van der Waals surface area (Å²) in [4.78, 5) is 22.4. The predicted molar refractivity (Wildman–Crippen MR) is 48.1 cm³/mol. The van der Waals surface area contributed by atoms with Crippen molar-refractivity contribution in [3.63, 3.8) is 0 Å². The lowest BCUT2D eigenvalue weighted by Crippen LogP contribution is -2.36. The molecule has 0 saturated heterocycles. The van der Waals surface area contributed by atoms with Crippen molar-refractivity contribution >= 4 is 11.8 Å². The third kappa shape index (κ3) is 1.79. The van der Waals surface area contributed by atoms with Crippen LogP contribution in [0.15, 0.2) is 11.1 Å². The molecule has 0 heterocycles. The number of hydrogen-bond donors (Lipinski definition) is 0. The highest BCUT2D eigenvalue weighted by Crippen LogP contribution is 2.33. The molecule has 13 heavy (non-hydrogen) atoms. The minimum Gasteiger partial charge on any atom is -0.466 e. The van der Waals surface area contributed by atoms with E-state index in [1.807, 2.05) is 13.8 Å². The van der Waals surface area contributed by atoms with Crippen molar-refractivity contribution in [3.05, 3.63) is 11.1 Å². The van der Waals surface area contributed by atoms with Crippen molar-refractivity contribution in [3.8, 4) is 0 Å². The van der Waals surface area contributed by atoms with E-state index in [1.54, 1.807) is 6.92 Å². The number of allylic oxidation sites excluding steroid dienone is 1. The molecule has 0 aromatic rings. The molecular weight excluding hydrogens is 168 g/mol. The van der Waals surface area contributed by atoms with Gasteiger partial charge in [0, 0.05) is 12.0 Å². The Hall–Kier alpha value is -1.12. The topological polar surface area (TPSA) is 43.4 Å². The van der Waals surface area contributed by atoms with Gasteiger partial charge in [0.05, 0.1) is 12.5 Å². The lowest BCUT2D eigenvalue weighted by Gasteiger charge is -2.27. The van der Waals surface area contributed by atoms with Gasteiger partial charge in [0.25, 0.3) is 0 Å². The second-order valence-corrected chi connectivity index (χ2v) is 3.35. The SMILES string of the molecule is CCOC(=O)C1CC(=O)C1=C(C)C. The van der Waals surface area contributed by atoms with E-state index in [2.05, 4.69) is 0 Å². The highest BCUT2D eigenvalue weighted by Gasteiger charge is 2.40. The summed E-state index contributed by atoms with van der Waals surface area (Å²) in [5.74, 6) is -0.478. The molecule has 0 amide bonds. The zero-order valence-electron chi connectivity index (χ0n) is 8.22. The van der Waals surface area contributed by atoms with Crippen LogP contribution < -0.4 is 0 Å². The summed E-state index contributed by atoms with van der Waals surface area (Å²) in [6.07, 6.45) is 0.319. The predicted octanol–water partition coefficient (Wildman–Crippen LogP) is 1.47. The summed E-state index contributed by atoms with van der Waals surface area (Å²) in [6, 6.07) is 0. The van der Waals surface area contributed by atoms with E-state index >= 15 is 0 Å². The zero-order chi connectivity index (χ0) is 10.0. The smallest absolute Gasteiger partial charge is 0.313 e. The van der Waals surface area contributed by atoms with E-state index in [0.717, 1.165) is 5.57 Å². The van der Waals surface area contributed by atoms with Gasteiger partial charge >= 0.3 is 5.97 Å². The molecule has 1 aliphatic carbocycles. The molecule has 1 unspecified atom stereocenters. The van der Waals surface area contributed by atoms with Crippen LogP contribution in [0.3, 0.4) is 0 Å². The van der Waals surface area contributed by atoms with Gasteiger partial charge in [-0.05, 0) is 20.8 Å². The number of ether oxygens (including phenoxy) is 1. The highest BCUT2D eigenvalue weighted by molar-refractivity contribution is 6.10. The van der Waals surface area contributed by atoms with Gasteiger partial charge < -0.3 is 4.74 Å². The maximum absolute atomic E-state index is 11.3. The first-order chi connectivity index (χ1) is 6.07. The first kappa shape index (κ1) is 9.96. The van der Waals surface area contributed by atoms with Crippen LogP contribution in [0.4, 0.5) is 0 Å². The molecule has 0 aliphatic heterocycles. The van der Waals surface area contributed by atoms with Crippen LogP contribution in [0.1, 0.15) is 27.2 Å². The van der Waals surface area contributed by atoms with Gasteiger partial charge in [-0.3, -0.25) is 9.59 Å². The van der Waals surface area contributed by atoms with Crippen LogP contribution in [0.2, 0.25) is 0 Å². The number of ketones is 1. The van der Waals surface area contributed by atoms with Crippen molar-refractivity contribution in [2.45, 2.75) is 27.2 Å². The van der Waals surface area contributed by atoms with E-state index in [1.165, 1.54) is 0 Å². The van der Waals surface area contributed by atoms with Gasteiger partial charge in [0.15, 0.2) is 5.78 Å². The van der Waals surface area contributed by atoms with Gasteiger partial charge in [0.2, 0.25) is 0 Å². The number of carbonyl (C=O) groups excluding carboxylic acids is 2. The van der Waals surface area contributed by atoms with Crippen molar-refractivity contribution < 1.29 is 14.3 Å². The zero-order valence-corrected chi connectivity index (χ0v) is 8.22. The second-order valence-electron chi connectivity index (χ2n) is 3.35. The molecule has 1 rings (SSSR count). The number of hydrogen-bond acceptors (Lipinski definition) is 3. The Kier molecular flexibility index (Phi) is 2.86. The minimum absolute atomic E-state index is 0.0815. The van der Waals surface area contributed by atoms with Gasteiger partial charge in [-0.2, -0.15) is 0 Å². The quantitative estimate of drug-likeness (QED) is 0.480. The Morgan fingerprint density at radius 2 is 2.15 bits per heavy atom. The lowest BCUT2D eigenvalue weighted by molar-refractivity contribution is -0.151. The molecule has 0 bridgehead atoms. The average Bonchev–Trinajstić information content (AvgIpc) is 1.98. The Bertz CT molecular complexity index is 272. The van der Waals surface area contributed by atoms with E-state index in [-0.39, 0.29) is 17.7 Å². The summed E-state index contributed by atoms with van der Waals surface area (Å²) in [5, 5.41) is 0. The van der Waals surface area contributed by atoms with Crippen molar-refractivity contribution in [1.82, 2.24) is 0 Å². The van der Waals surface area contributed by atoms with Crippen LogP contribution in [-0.2, 0) is 14.3 Å². The Labute approximate surface area is 77.8 Å². The molecule has 0 aromatic carbocycles. The first-order valence-electron chi connectivity index (χ1n) is 4.45. The summed E-state index contributed by atoms with van der Waals surface area (Å²) >= 11 is 0. The summed E-state index contributed by atoms with van der Waals surface area (Å²) < 4.78 is 4.85. The van der Waals surface area contributed by atoms with E-state index < -0.39 is 0 Å². The van der Waals surface area contributed by atoms with E-state index in [9.17, 15) is 9.59 Å². The van der Waals surface area contributed by atoms with Gasteiger partial charge in [-0.15, -0.1) is 0 Å². The van der Waals surface area contributed by atoms with Crippen LogP contribution in [-0.4, -0.2) is 18.4 Å². The molecule has 72 valence electrons. The fraction of sp³-hybridized carbons (Fsp3) is 0.600. The molecule has 0 radical (unpaired) electrons. The van der Waals surface area contributed by atoms with Crippen LogP contribution in [0, 0.1) is 5.92 Å². The molecule has 3 heteroatoms. The third-order valence-electron chi connectivity index (χ3n) is 2.15. The molecule has 1 aliphatic rings. The van der Waals surface area contributed by atoms with Gasteiger partial charge in [-0.25, -0.2) is 0 Å². The lowest BCUT2D eigenvalue weighted by atomic mass is 9.76. The normalized spacial score (nSPS) is 21.0. The monoisotopic (exact) mass is 182 g/mol. The van der Waals surface area contributed by atoms with Crippen molar-refractivity contribution in [2.75, 3.05) is 6.61 Å². The molecule has 0 N–H and O–H groups in total.